The topological polar surface area (TPSA) is 42.9 Å². The molecule has 0 aliphatic carbocycles. The van der Waals surface area contributed by atoms with Crippen LogP contribution in [0.3, 0.4) is 0 Å². The predicted octanol–water partition coefficient (Wildman–Crippen LogP) is 2.86. The largest absolute Gasteiger partial charge is 0.303 e. The maximum absolute atomic E-state index is 12.8. The highest BCUT2D eigenvalue weighted by molar-refractivity contribution is 7.98. The highest BCUT2D eigenvalue weighted by Gasteiger charge is 2.13. The summed E-state index contributed by atoms with van der Waals surface area (Å²) in [4.78, 5) is 19.6. The van der Waals surface area contributed by atoms with Gasteiger partial charge in [-0.05, 0) is 36.4 Å². The zero-order valence-electron chi connectivity index (χ0n) is 10.4. The molecule has 1 aromatic carbocycles. The van der Waals surface area contributed by atoms with Crippen LogP contribution in [0.2, 0.25) is 0 Å². The number of hydrogen-bond donors (Lipinski definition) is 0. The van der Waals surface area contributed by atoms with Crippen molar-refractivity contribution < 1.29 is 9.18 Å². The van der Waals surface area contributed by atoms with Crippen molar-refractivity contribution in [3.8, 4) is 0 Å². The molecule has 1 aromatic heterocycles. The van der Waals surface area contributed by atoms with Crippen LogP contribution < -0.4 is 0 Å². The van der Waals surface area contributed by atoms with E-state index in [2.05, 4.69) is 9.97 Å². The summed E-state index contributed by atoms with van der Waals surface area (Å²) in [5, 5.41) is 0.642. The van der Waals surface area contributed by atoms with Crippen LogP contribution in [0, 0.1) is 5.82 Å². The van der Waals surface area contributed by atoms with E-state index >= 15 is 0 Å². The van der Waals surface area contributed by atoms with Gasteiger partial charge in [0.2, 0.25) is 0 Å². The quantitative estimate of drug-likeness (QED) is 0.478. The fraction of sp³-hybridized carbons (Fsp3) is 0.214. The van der Waals surface area contributed by atoms with Crippen molar-refractivity contribution in [2.45, 2.75) is 17.5 Å². The molecule has 1 atom stereocenters. The van der Waals surface area contributed by atoms with E-state index in [4.69, 9.17) is 0 Å². The maximum atomic E-state index is 12.8. The number of aromatic nitrogens is 2. The second-order valence-corrected chi connectivity index (χ2v) is 4.81. The molecule has 0 fully saturated rings. The number of carbonyl (C=O) groups is 1. The first kappa shape index (κ1) is 13.7. The Morgan fingerprint density at radius 1 is 1.32 bits per heavy atom. The summed E-state index contributed by atoms with van der Waals surface area (Å²) in [6.07, 6.45) is 4.91. The Bertz CT molecular complexity index is 560. The van der Waals surface area contributed by atoms with E-state index < -0.39 is 0 Å². The van der Waals surface area contributed by atoms with Crippen LogP contribution >= 0.6 is 11.8 Å². The summed E-state index contributed by atoms with van der Waals surface area (Å²) in [5.74, 6) is -0.613. The lowest BCUT2D eigenvalue weighted by Gasteiger charge is -2.10. The Kier molecular flexibility index (Phi) is 4.63. The molecule has 0 saturated heterocycles. The Morgan fingerprint density at radius 2 is 2.05 bits per heavy atom. The lowest BCUT2D eigenvalue weighted by molar-refractivity contribution is -0.109. The third kappa shape index (κ3) is 3.61. The van der Waals surface area contributed by atoms with Gasteiger partial charge in [0.05, 0.1) is 11.6 Å². The maximum Gasteiger partial charge on any atom is 0.187 e. The van der Waals surface area contributed by atoms with Crippen molar-refractivity contribution in [3.05, 3.63) is 53.6 Å². The highest BCUT2D eigenvalue weighted by atomic mass is 32.2. The summed E-state index contributed by atoms with van der Waals surface area (Å²) in [6, 6.07) is 7.89. The second kappa shape index (κ2) is 6.43. The molecule has 0 spiro atoms. The minimum Gasteiger partial charge on any atom is -0.303 e. The van der Waals surface area contributed by atoms with Crippen LogP contribution in [-0.4, -0.2) is 22.5 Å². The van der Waals surface area contributed by atoms with E-state index in [1.165, 1.54) is 23.9 Å². The zero-order chi connectivity index (χ0) is 13.7. The standard InChI is InChI=1S/C14H13FN2OS/c1-19-14-16-7-6-13(17-14)11(9-18)8-10-2-4-12(15)5-3-10/h2-7,9,11H,8H2,1H3. The van der Waals surface area contributed by atoms with Crippen molar-refractivity contribution in [2.24, 2.45) is 0 Å². The van der Waals surface area contributed by atoms with Crippen LogP contribution in [-0.2, 0) is 11.2 Å². The van der Waals surface area contributed by atoms with E-state index in [0.717, 1.165) is 11.8 Å². The third-order valence-electron chi connectivity index (χ3n) is 2.75. The van der Waals surface area contributed by atoms with Crippen molar-refractivity contribution in [1.29, 1.82) is 0 Å². The van der Waals surface area contributed by atoms with Crippen molar-refractivity contribution >= 4 is 18.0 Å². The monoisotopic (exact) mass is 276 g/mol. The van der Waals surface area contributed by atoms with Gasteiger partial charge in [-0.2, -0.15) is 0 Å². The van der Waals surface area contributed by atoms with Crippen molar-refractivity contribution in [1.82, 2.24) is 9.97 Å². The first-order valence-corrected chi connectivity index (χ1v) is 7.02. The lowest BCUT2D eigenvalue weighted by atomic mass is 9.97. The van der Waals surface area contributed by atoms with Crippen LogP contribution in [0.4, 0.5) is 4.39 Å². The number of thioether (sulfide) groups is 1. The first-order chi connectivity index (χ1) is 9.22. The molecule has 19 heavy (non-hydrogen) atoms. The number of halogens is 1. The smallest absolute Gasteiger partial charge is 0.187 e. The van der Waals surface area contributed by atoms with Gasteiger partial charge in [-0.15, -0.1) is 0 Å². The van der Waals surface area contributed by atoms with Gasteiger partial charge in [-0.25, -0.2) is 14.4 Å². The van der Waals surface area contributed by atoms with Gasteiger partial charge in [0.25, 0.3) is 0 Å². The second-order valence-electron chi connectivity index (χ2n) is 4.04. The van der Waals surface area contributed by atoms with E-state index in [9.17, 15) is 9.18 Å². The van der Waals surface area contributed by atoms with Crippen LogP contribution in [0.1, 0.15) is 17.2 Å². The van der Waals surface area contributed by atoms with E-state index in [1.54, 1.807) is 24.4 Å². The zero-order valence-corrected chi connectivity index (χ0v) is 11.2. The van der Waals surface area contributed by atoms with Gasteiger partial charge in [-0.3, -0.25) is 0 Å². The molecule has 0 amide bonds. The van der Waals surface area contributed by atoms with Crippen LogP contribution in [0.15, 0.2) is 41.7 Å². The molecule has 1 unspecified atom stereocenters. The van der Waals surface area contributed by atoms with Gasteiger partial charge in [0.1, 0.15) is 12.1 Å². The number of benzene rings is 1. The van der Waals surface area contributed by atoms with E-state index in [0.29, 0.717) is 17.3 Å². The van der Waals surface area contributed by atoms with Crippen LogP contribution in [0.25, 0.3) is 0 Å². The Morgan fingerprint density at radius 3 is 2.68 bits per heavy atom. The fourth-order valence-electron chi connectivity index (χ4n) is 1.76. The molecule has 1 heterocycles. The molecule has 0 aliphatic heterocycles. The Balaban J connectivity index is 2.19. The van der Waals surface area contributed by atoms with Gasteiger partial charge in [0, 0.05) is 6.20 Å². The van der Waals surface area contributed by atoms with Crippen molar-refractivity contribution in [3.63, 3.8) is 0 Å². The normalized spacial score (nSPS) is 12.1. The summed E-state index contributed by atoms with van der Waals surface area (Å²) < 4.78 is 12.8. The molecule has 0 radical (unpaired) electrons. The molecule has 2 rings (SSSR count). The average molecular weight is 276 g/mol. The predicted molar refractivity (Wildman–Crippen MR) is 72.7 cm³/mol. The Hall–Kier alpha value is -1.75. The van der Waals surface area contributed by atoms with E-state index in [-0.39, 0.29) is 11.7 Å². The third-order valence-corrected chi connectivity index (χ3v) is 3.31. The molecule has 2 aromatic rings. The summed E-state index contributed by atoms with van der Waals surface area (Å²) >= 11 is 1.43. The fourth-order valence-corrected chi connectivity index (χ4v) is 2.12. The molecule has 0 aliphatic rings. The van der Waals surface area contributed by atoms with Gasteiger partial charge in [-0.1, -0.05) is 23.9 Å². The summed E-state index contributed by atoms with van der Waals surface area (Å²) in [5.41, 5.74) is 1.60. The molecule has 0 N–H and O–H groups in total. The van der Waals surface area contributed by atoms with Crippen molar-refractivity contribution in [2.75, 3.05) is 6.26 Å². The summed E-state index contributed by atoms with van der Waals surface area (Å²) in [6.45, 7) is 0. The van der Waals surface area contributed by atoms with E-state index in [1.807, 2.05) is 6.26 Å². The number of carbonyl (C=O) groups excluding carboxylic acids is 1. The van der Waals surface area contributed by atoms with Gasteiger partial charge < -0.3 is 4.79 Å². The molecular weight excluding hydrogens is 263 g/mol. The Labute approximate surface area is 115 Å². The molecule has 3 nitrogen and oxygen atoms in total. The first-order valence-electron chi connectivity index (χ1n) is 5.79. The minimum absolute atomic E-state index is 0.280. The number of nitrogens with zero attached hydrogens (tertiary/aromatic N) is 2. The molecule has 5 heteroatoms. The molecular formula is C14H13FN2OS. The number of rotatable bonds is 5. The lowest BCUT2D eigenvalue weighted by Crippen LogP contribution is -2.07. The van der Waals surface area contributed by atoms with Gasteiger partial charge >= 0.3 is 0 Å². The van der Waals surface area contributed by atoms with Gasteiger partial charge in [0.15, 0.2) is 5.16 Å². The minimum atomic E-state index is -0.334. The molecule has 0 saturated carbocycles. The molecule has 0 bridgehead atoms. The number of hydrogen-bond acceptors (Lipinski definition) is 4. The number of aldehydes is 1. The SMILES string of the molecule is CSc1nccc(C(C=O)Cc2ccc(F)cc2)n1. The average Bonchev–Trinajstić information content (AvgIpc) is 2.46. The molecule has 98 valence electrons. The highest BCUT2D eigenvalue weighted by Crippen LogP contribution is 2.19. The van der Waals surface area contributed by atoms with Crippen LogP contribution in [0.5, 0.6) is 0 Å². The summed E-state index contributed by atoms with van der Waals surface area (Å²) in [7, 11) is 0.